The maximum Gasteiger partial charge on any atom is 0.0744 e. The third kappa shape index (κ3) is 2.86. The van der Waals surface area contributed by atoms with E-state index in [9.17, 15) is 0 Å². The van der Waals surface area contributed by atoms with E-state index in [-0.39, 0.29) is 5.38 Å². The van der Waals surface area contributed by atoms with Gasteiger partial charge >= 0.3 is 0 Å². The molecule has 0 fully saturated rings. The molecule has 0 heterocycles. The lowest BCUT2D eigenvalue weighted by molar-refractivity contribution is 0.320. The van der Waals surface area contributed by atoms with E-state index in [0.29, 0.717) is 5.92 Å². The van der Waals surface area contributed by atoms with Crippen molar-refractivity contribution >= 4 is 17.8 Å². The van der Waals surface area contributed by atoms with Gasteiger partial charge in [0.1, 0.15) is 0 Å². The Morgan fingerprint density at radius 3 is 2.25 bits per heavy atom. The highest BCUT2D eigenvalue weighted by atomic mass is 35.5. The monoisotopic (exact) mass is 135 g/mol. The van der Waals surface area contributed by atoms with E-state index in [1.165, 1.54) is 6.21 Å². The van der Waals surface area contributed by atoms with Crippen LogP contribution < -0.4 is 0 Å². The quantitative estimate of drug-likeness (QED) is 0.266. The zero-order chi connectivity index (χ0) is 6.57. The maximum absolute atomic E-state index is 7.97. The summed E-state index contributed by atoms with van der Waals surface area (Å²) in [5.41, 5.74) is 0. The van der Waals surface area contributed by atoms with Gasteiger partial charge in [-0.1, -0.05) is 13.8 Å². The van der Waals surface area contributed by atoms with Crippen molar-refractivity contribution in [2.45, 2.75) is 19.2 Å². The Morgan fingerprint density at radius 1 is 1.62 bits per heavy atom. The molecular weight excluding hydrogens is 126 g/mol. The standard InChI is InChI=1S/C5H10ClNO/c1-4(2)5(6)3-7-8/h3-5,8H,1-2H3/b7-3+. The minimum absolute atomic E-state index is 0.153. The van der Waals surface area contributed by atoms with E-state index in [2.05, 4.69) is 5.16 Å². The summed E-state index contributed by atoms with van der Waals surface area (Å²) >= 11 is 5.61. The molecule has 2 nitrogen and oxygen atoms in total. The molecule has 0 saturated carbocycles. The molecule has 0 radical (unpaired) electrons. The second-order valence-corrected chi connectivity index (χ2v) is 2.46. The lowest BCUT2D eigenvalue weighted by atomic mass is 10.1. The van der Waals surface area contributed by atoms with Gasteiger partial charge in [0.2, 0.25) is 0 Å². The highest BCUT2D eigenvalue weighted by molar-refractivity contribution is 6.28. The largest absolute Gasteiger partial charge is 0.411 e. The van der Waals surface area contributed by atoms with E-state index in [1.54, 1.807) is 0 Å². The molecule has 0 bridgehead atoms. The molecule has 1 N–H and O–H groups in total. The Hall–Kier alpha value is -0.240. The van der Waals surface area contributed by atoms with Crippen molar-refractivity contribution in [3.05, 3.63) is 0 Å². The Morgan fingerprint density at radius 2 is 2.12 bits per heavy atom. The number of nitrogens with zero attached hydrogens (tertiary/aromatic N) is 1. The predicted octanol–water partition coefficient (Wildman–Crippen LogP) is 1.71. The number of hydrogen-bond acceptors (Lipinski definition) is 2. The van der Waals surface area contributed by atoms with E-state index in [1.807, 2.05) is 13.8 Å². The second kappa shape index (κ2) is 3.72. The highest BCUT2D eigenvalue weighted by Crippen LogP contribution is 2.05. The fourth-order valence-corrected chi connectivity index (χ4v) is 0.286. The number of rotatable bonds is 2. The number of hydrogen-bond donors (Lipinski definition) is 1. The summed E-state index contributed by atoms with van der Waals surface area (Å²) in [5, 5.41) is 10.6. The molecule has 0 aromatic rings. The van der Waals surface area contributed by atoms with Gasteiger partial charge in [-0.15, -0.1) is 16.8 Å². The van der Waals surface area contributed by atoms with Crippen LogP contribution in [0.25, 0.3) is 0 Å². The van der Waals surface area contributed by atoms with Gasteiger partial charge in [0.05, 0.1) is 11.6 Å². The first-order valence-corrected chi connectivity index (χ1v) is 2.93. The second-order valence-electron chi connectivity index (χ2n) is 1.95. The van der Waals surface area contributed by atoms with Crippen LogP contribution in [0.5, 0.6) is 0 Å². The number of halogens is 1. The van der Waals surface area contributed by atoms with Gasteiger partial charge in [-0.05, 0) is 5.92 Å². The predicted molar refractivity (Wildman–Crippen MR) is 34.8 cm³/mol. The van der Waals surface area contributed by atoms with Crippen molar-refractivity contribution in [3.8, 4) is 0 Å². The molecule has 0 amide bonds. The highest BCUT2D eigenvalue weighted by Gasteiger charge is 2.04. The van der Waals surface area contributed by atoms with E-state index >= 15 is 0 Å². The van der Waals surface area contributed by atoms with Crippen LogP contribution in [0, 0.1) is 5.92 Å². The number of oxime groups is 1. The molecular formula is C5H10ClNO. The Balaban J connectivity index is 3.47. The zero-order valence-electron chi connectivity index (χ0n) is 5.00. The van der Waals surface area contributed by atoms with Crippen molar-refractivity contribution in [2.75, 3.05) is 0 Å². The third-order valence-corrected chi connectivity index (χ3v) is 1.46. The van der Waals surface area contributed by atoms with Crippen LogP contribution in [0.15, 0.2) is 5.16 Å². The molecule has 0 aromatic carbocycles. The fourth-order valence-electron chi connectivity index (χ4n) is 0.236. The summed E-state index contributed by atoms with van der Waals surface area (Å²) < 4.78 is 0. The molecule has 0 aliphatic carbocycles. The molecule has 0 aromatic heterocycles. The molecule has 48 valence electrons. The normalized spacial score (nSPS) is 15.5. The van der Waals surface area contributed by atoms with Crippen LogP contribution in [-0.2, 0) is 0 Å². The fraction of sp³-hybridized carbons (Fsp3) is 0.800. The SMILES string of the molecule is CC(C)C(Cl)/C=N/O. The molecule has 8 heavy (non-hydrogen) atoms. The van der Waals surface area contributed by atoms with Crippen LogP contribution in [0.1, 0.15) is 13.8 Å². The van der Waals surface area contributed by atoms with Crippen molar-refractivity contribution < 1.29 is 5.21 Å². The topological polar surface area (TPSA) is 32.6 Å². The summed E-state index contributed by atoms with van der Waals surface area (Å²) in [6, 6.07) is 0. The number of alkyl halides is 1. The van der Waals surface area contributed by atoms with Crippen LogP contribution in [-0.4, -0.2) is 16.8 Å². The lowest BCUT2D eigenvalue weighted by Crippen LogP contribution is -2.08. The molecule has 0 aliphatic rings. The van der Waals surface area contributed by atoms with E-state index in [0.717, 1.165) is 0 Å². The minimum atomic E-state index is -0.153. The molecule has 0 spiro atoms. The zero-order valence-corrected chi connectivity index (χ0v) is 5.76. The van der Waals surface area contributed by atoms with Crippen molar-refractivity contribution in [1.82, 2.24) is 0 Å². The first-order chi connectivity index (χ1) is 3.68. The molecule has 3 heteroatoms. The van der Waals surface area contributed by atoms with Crippen LogP contribution in [0.4, 0.5) is 0 Å². The van der Waals surface area contributed by atoms with Crippen molar-refractivity contribution in [3.63, 3.8) is 0 Å². The van der Waals surface area contributed by atoms with Gasteiger partial charge < -0.3 is 5.21 Å². The molecule has 0 aliphatic heterocycles. The summed E-state index contributed by atoms with van der Waals surface area (Å²) in [7, 11) is 0. The minimum Gasteiger partial charge on any atom is -0.411 e. The molecule has 0 rings (SSSR count). The first kappa shape index (κ1) is 7.76. The van der Waals surface area contributed by atoms with Crippen molar-refractivity contribution in [1.29, 1.82) is 0 Å². The Bertz CT molecular complexity index is 82.5. The smallest absolute Gasteiger partial charge is 0.0744 e. The van der Waals surface area contributed by atoms with E-state index in [4.69, 9.17) is 16.8 Å². The molecule has 1 unspecified atom stereocenters. The van der Waals surface area contributed by atoms with Crippen molar-refractivity contribution in [2.24, 2.45) is 11.1 Å². The Kier molecular flexibility index (Phi) is 3.61. The van der Waals surface area contributed by atoms with E-state index < -0.39 is 0 Å². The van der Waals surface area contributed by atoms with Gasteiger partial charge in [-0.2, -0.15) is 0 Å². The Labute approximate surface area is 54.1 Å². The molecule has 0 saturated heterocycles. The summed E-state index contributed by atoms with van der Waals surface area (Å²) in [6.07, 6.45) is 1.31. The maximum atomic E-state index is 7.97. The van der Waals surface area contributed by atoms with Crippen LogP contribution >= 0.6 is 11.6 Å². The first-order valence-electron chi connectivity index (χ1n) is 2.50. The van der Waals surface area contributed by atoms with Gasteiger partial charge in [-0.3, -0.25) is 0 Å². The summed E-state index contributed by atoms with van der Waals surface area (Å²) in [4.78, 5) is 0. The third-order valence-electron chi connectivity index (χ3n) is 0.846. The summed E-state index contributed by atoms with van der Waals surface area (Å²) in [5.74, 6) is 0.326. The van der Waals surface area contributed by atoms with Crippen LogP contribution in [0.2, 0.25) is 0 Å². The van der Waals surface area contributed by atoms with Gasteiger partial charge in [-0.25, -0.2) is 0 Å². The van der Waals surface area contributed by atoms with Crippen LogP contribution in [0.3, 0.4) is 0 Å². The average molecular weight is 136 g/mol. The van der Waals surface area contributed by atoms with Gasteiger partial charge in [0, 0.05) is 0 Å². The lowest BCUT2D eigenvalue weighted by Gasteiger charge is -2.03. The molecule has 1 atom stereocenters. The van der Waals surface area contributed by atoms with Gasteiger partial charge in [0.25, 0.3) is 0 Å². The average Bonchev–Trinajstić information content (AvgIpc) is 1.67. The van der Waals surface area contributed by atoms with Gasteiger partial charge in [0.15, 0.2) is 0 Å². The summed E-state index contributed by atoms with van der Waals surface area (Å²) in [6.45, 7) is 3.92.